The number of rotatable bonds is 4. The van der Waals surface area contributed by atoms with Gasteiger partial charge in [0.1, 0.15) is 6.61 Å². The van der Waals surface area contributed by atoms with Crippen molar-refractivity contribution in [3.8, 4) is 0 Å². The van der Waals surface area contributed by atoms with Crippen molar-refractivity contribution in [1.29, 1.82) is 0 Å². The van der Waals surface area contributed by atoms with Crippen LogP contribution in [0.4, 0.5) is 0 Å². The topological polar surface area (TPSA) is 26.3 Å². The van der Waals surface area contributed by atoms with Crippen LogP contribution in [0, 0.1) is 6.92 Å². The molecule has 0 aliphatic heterocycles. The van der Waals surface area contributed by atoms with E-state index in [1.54, 1.807) is 11.3 Å². The first-order valence-corrected chi connectivity index (χ1v) is 4.78. The van der Waals surface area contributed by atoms with Gasteiger partial charge in [-0.25, -0.2) is 0 Å². The Morgan fingerprint density at radius 1 is 1.67 bits per heavy atom. The average Bonchev–Trinajstić information content (AvgIpc) is 2.47. The largest absolute Gasteiger partial charge is 0.374 e. The summed E-state index contributed by atoms with van der Waals surface area (Å²) in [5.41, 5.74) is 0.769. The molecule has 1 rings (SSSR count). The van der Waals surface area contributed by atoms with E-state index in [2.05, 4.69) is 0 Å². The smallest absolute Gasteiger partial charge is 0.189 e. The molecule has 0 saturated heterocycles. The van der Waals surface area contributed by atoms with E-state index in [1.807, 2.05) is 25.3 Å². The lowest BCUT2D eigenvalue weighted by Gasteiger charge is -1.96. The van der Waals surface area contributed by atoms with Gasteiger partial charge in [-0.1, -0.05) is 0 Å². The molecular formula is C9H12O2S. The van der Waals surface area contributed by atoms with Gasteiger partial charge < -0.3 is 4.74 Å². The first kappa shape index (κ1) is 9.42. The summed E-state index contributed by atoms with van der Waals surface area (Å²) in [6, 6.07) is 1.89. The second-order valence-corrected chi connectivity index (χ2v) is 3.62. The lowest BCUT2D eigenvalue weighted by atomic mass is 10.2. The predicted molar refractivity (Wildman–Crippen MR) is 49.9 cm³/mol. The van der Waals surface area contributed by atoms with E-state index in [4.69, 9.17) is 4.74 Å². The van der Waals surface area contributed by atoms with E-state index in [-0.39, 0.29) is 12.4 Å². The Morgan fingerprint density at radius 3 is 2.92 bits per heavy atom. The SMILES string of the molecule is CCOCC(=O)c1csc(C)c1. The monoisotopic (exact) mass is 184 g/mol. The van der Waals surface area contributed by atoms with Crippen LogP contribution < -0.4 is 0 Å². The van der Waals surface area contributed by atoms with Crippen molar-refractivity contribution in [1.82, 2.24) is 0 Å². The molecule has 0 spiro atoms. The molecule has 0 aliphatic carbocycles. The highest BCUT2D eigenvalue weighted by molar-refractivity contribution is 7.10. The molecule has 0 saturated carbocycles. The van der Waals surface area contributed by atoms with Crippen molar-refractivity contribution < 1.29 is 9.53 Å². The summed E-state index contributed by atoms with van der Waals surface area (Å²) in [5, 5.41) is 1.87. The number of hydrogen-bond donors (Lipinski definition) is 0. The van der Waals surface area contributed by atoms with E-state index >= 15 is 0 Å². The molecular weight excluding hydrogens is 172 g/mol. The normalized spacial score (nSPS) is 10.2. The maximum Gasteiger partial charge on any atom is 0.189 e. The fourth-order valence-corrected chi connectivity index (χ4v) is 1.58. The minimum atomic E-state index is 0.0706. The van der Waals surface area contributed by atoms with Crippen molar-refractivity contribution in [3.05, 3.63) is 21.9 Å². The summed E-state index contributed by atoms with van der Waals surface area (Å²) in [4.78, 5) is 12.5. The number of Topliss-reactive ketones (excluding diaryl/α,β-unsaturated/α-hetero) is 1. The number of ketones is 1. The van der Waals surface area contributed by atoms with Gasteiger partial charge in [-0.05, 0) is 19.9 Å². The lowest BCUT2D eigenvalue weighted by molar-refractivity contribution is 0.0784. The Balaban J connectivity index is 2.53. The van der Waals surface area contributed by atoms with Crippen molar-refractivity contribution >= 4 is 17.1 Å². The van der Waals surface area contributed by atoms with Gasteiger partial charge in [0.05, 0.1) is 0 Å². The van der Waals surface area contributed by atoms with Crippen LogP contribution in [0.25, 0.3) is 0 Å². The van der Waals surface area contributed by atoms with Crippen LogP contribution in [0.5, 0.6) is 0 Å². The molecule has 0 atom stereocenters. The van der Waals surface area contributed by atoms with Crippen LogP contribution in [0.2, 0.25) is 0 Å². The molecule has 0 aliphatic rings. The van der Waals surface area contributed by atoms with Crippen LogP contribution in [0.1, 0.15) is 22.2 Å². The fraction of sp³-hybridized carbons (Fsp3) is 0.444. The summed E-state index contributed by atoms with van der Waals surface area (Å²) >= 11 is 1.59. The lowest BCUT2D eigenvalue weighted by Crippen LogP contribution is -2.07. The number of carbonyl (C=O) groups is 1. The van der Waals surface area contributed by atoms with E-state index in [0.717, 1.165) is 10.4 Å². The molecule has 12 heavy (non-hydrogen) atoms. The standard InChI is InChI=1S/C9H12O2S/c1-3-11-5-9(10)8-4-7(2)12-6-8/h4,6H,3,5H2,1-2H3. The summed E-state index contributed by atoms with van der Waals surface area (Å²) in [6.45, 7) is 4.66. The predicted octanol–water partition coefficient (Wildman–Crippen LogP) is 2.28. The summed E-state index contributed by atoms with van der Waals surface area (Å²) < 4.78 is 5.01. The van der Waals surface area contributed by atoms with E-state index in [9.17, 15) is 4.79 Å². The quantitative estimate of drug-likeness (QED) is 0.671. The number of thiophene rings is 1. The maximum absolute atomic E-state index is 11.3. The van der Waals surface area contributed by atoms with Crippen LogP contribution in [-0.4, -0.2) is 19.0 Å². The molecule has 1 heterocycles. The molecule has 1 aromatic heterocycles. The molecule has 66 valence electrons. The maximum atomic E-state index is 11.3. The first-order valence-electron chi connectivity index (χ1n) is 3.90. The van der Waals surface area contributed by atoms with Crippen LogP contribution in [0.15, 0.2) is 11.4 Å². The van der Waals surface area contributed by atoms with Crippen molar-refractivity contribution in [3.63, 3.8) is 0 Å². The average molecular weight is 184 g/mol. The third-order valence-electron chi connectivity index (χ3n) is 1.49. The summed E-state index contributed by atoms with van der Waals surface area (Å²) in [7, 11) is 0. The zero-order chi connectivity index (χ0) is 8.97. The van der Waals surface area contributed by atoms with E-state index in [0.29, 0.717) is 6.61 Å². The van der Waals surface area contributed by atoms with E-state index < -0.39 is 0 Å². The second-order valence-electron chi connectivity index (χ2n) is 2.51. The Morgan fingerprint density at radius 2 is 2.42 bits per heavy atom. The van der Waals surface area contributed by atoms with Gasteiger partial charge in [-0.3, -0.25) is 4.79 Å². The van der Waals surface area contributed by atoms with Gasteiger partial charge >= 0.3 is 0 Å². The van der Waals surface area contributed by atoms with Crippen molar-refractivity contribution in [2.45, 2.75) is 13.8 Å². The number of ether oxygens (including phenoxy) is 1. The molecule has 0 fully saturated rings. The van der Waals surface area contributed by atoms with Gasteiger partial charge in [-0.2, -0.15) is 0 Å². The molecule has 0 radical (unpaired) electrons. The highest BCUT2D eigenvalue weighted by Gasteiger charge is 2.06. The van der Waals surface area contributed by atoms with E-state index in [1.165, 1.54) is 0 Å². The molecule has 0 amide bonds. The summed E-state index contributed by atoms with van der Waals surface area (Å²) in [5.74, 6) is 0.0706. The summed E-state index contributed by atoms with van der Waals surface area (Å²) in [6.07, 6.45) is 0. The molecule has 1 aromatic rings. The molecule has 3 heteroatoms. The highest BCUT2D eigenvalue weighted by atomic mass is 32.1. The van der Waals surface area contributed by atoms with Crippen LogP contribution in [-0.2, 0) is 4.74 Å². The van der Waals surface area contributed by atoms with Gasteiger partial charge in [0.15, 0.2) is 5.78 Å². The fourth-order valence-electron chi connectivity index (χ4n) is 0.868. The molecule has 0 bridgehead atoms. The second kappa shape index (κ2) is 4.38. The van der Waals surface area contributed by atoms with Gasteiger partial charge in [0.25, 0.3) is 0 Å². The Kier molecular flexibility index (Phi) is 3.44. The Bertz CT molecular complexity index is 265. The first-order chi connectivity index (χ1) is 5.74. The molecule has 0 unspecified atom stereocenters. The number of aryl methyl sites for hydroxylation is 1. The zero-order valence-corrected chi connectivity index (χ0v) is 8.11. The van der Waals surface area contributed by atoms with Gasteiger partial charge in [0.2, 0.25) is 0 Å². The minimum Gasteiger partial charge on any atom is -0.374 e. The Hall–Kier alpha value is -0.670. The molecule has 0 N–H and O–H groups in total. The van der Waals surface area contributed by atoms with Crippen molar-refractivity contribution in [2.75, 3.05) is 13.2 Å². The molecule has 0 aromatic carbocycles. The Labute approximate surface area is 76.2 Å². The number of carbonyl (C=O) groups excluding carboxylic acids is 1. The van der Waals surface area contributed by atoms with Crippen molar-refractivity contribution in [2.24, 2.45) is 0 Å². The van der Waals surface area contributed by atoms with Gasteiger partial charge in [-0.15, -0.1) is 11.3 Å². The molecule has 2 nitrogen and oxygen atoms in total. The zero-order valence-electron chi connectivity index (χ0n) is 7.29. The van der Waals surface area contributed by atoms with Gasteiger partial charge in [0, 0.05) is 22.4 Å². The number of hydrogen-bond acceptors (Lipinski definition) is 3. The third kappa shape index (κ3) is 2.43. The highest BCUT2D eigenvalue weighted by Crippen LogP contribution is 2.13. The van der Waals surface area contributed by atoms with Crippen LogP contribution in [0.3, 0.4) is 0 Å². The third-order valence-corrected chi connectivity index (χ3v) is 2.35. The minimum absolute atomic E-state index is 0.0706. The van der Waals surface area contributed by atoms with Crippen LogP contribution >= 0.6 is 11.3 Å².